The Morgan fingerprint density at radius 2 is 1.87 bits per heavy atom. The Morgan fingerprint density at radius 1 is 1.07 bits per heavy atom. The Labute approximate surface area is 85.0 Å². The van der Waals surface area contributed by atoms with Gasteiger partial charge in [0.05, 0.1) is 11.0 Å². The van der Waals surface area contributed by atoms with Crippen LogP contribution in [0.25, 0.3) is 21.8 Å². The molecule has 0 spiro atoms. The van der Waals surface area contributed by atoms with Crippen LogP contribution in [0.15, 0.2) is 36.7 Å². The van der Waals surface area contributed by atoms with Crippen LogP contribution in [0.2, 0.25) is 0 Å². The number of phenols is 1. The molecular formula is C11H8N2O2. The Hall–Kier alpha value is -2.23. The first kappa shape index (κ1) is 8.11. The van der Waals surface area contributed by atoms with Gasteiger partial charge in [0, 0.05) is 23.2 Å². The van der Waals surface area contributed by atoms with Crippen molar-refractivity contribution in [3.63, 3.8) is 0 Å². The first-order valence-electron chi connectivity index (χ1n) is 4.54. The van der Waals surface area contributed by atoms with Crippen LogP contribution < -0.4 is 0 Å². The van der Waals surface area contributed by atoms with Crippen molar-refractivity contribution >= 4 is 21.8 Å². The summed E-state index contributed by atoms with van der Waals surface area (Å²) in [5.74, 6) is 0.179. The summed E-state index contributed by atoms with van der Waals surface area (Å²) in [5.41, 5.74) is 1.35. The average Bonchev–Trinajstić information content (AvgIpc) is 2.54. The van der Waals surface area contributed by atoms with Crippen LogP contribution in [0.4, 0.5) is 0 Å². The van der Waals surface area contributed by atoms with Crippen molar-refractivity contribution in [2.45, 2.75) is 0 Å². The molecule has 2 heterocycles. The summed E-state index contributed by atoms with van der Waals surface area (Å²) in [7, 11) is 0. The van der Waals surface area contributed by atoms with Gasteiger partial charge in [0.1, 0.15) is 5.75 Å². The summed E-state index contributed by atoms with van der Waals surface area (Å²) in [6, 6.07) is 6.56. The van der Waals surface area contributed by atoms with Crippen LogP contribution in [0.1, 0.15) is 0 Å². The van der Waals surface area contributed by atoms with E-state index in [1.165, 1.54) is 0 Å². The van der Waals surface area contributed by atoms with Gasteiger partial charge in [-0.2, -0.15) is 4.73 Å². The number of aromatic nitrogens is 2. The van der Waals surface area contributed by atoms with Gasteiger partial charge in [-0.05, 0) is 24.3 Å². The lowest BCUT2D eigenvalue weighted by molar-refractivity contribution is 0.213. The van der Waals surface area contributed by atoms with Gasteiger partial charge >= 0.3 is 0 Å². The highest BCUT2D eigenvalue weighted by Gasteiger charge is 2.09. The standard InChI is InChI=1S/C11H8N2O2/c14-7-1-2-10-8(5-7)9-6-12-4-3-11(9)13(10)15/h1-6,14-15H. The van der Waals surface area contributed by atoms with Gasteiger partial charge in [0.2, 0.25) is 0 Å². The molecule has 0 aliphatic heterocycles. The first-order chi connectivity index (χ1) is 7.27. The molecule has 0 saturated heterocycles. The van der Waals surface area contributed by atoms with Crippen LogP contribution in [0.3, 0.4) is 0 Å². The molecule has 3 aromatic rings. The van der Waals surface area contributed by atoms with Crippen molar-refractivity contribution in [2.24, 2.45) is 0 Å². The number of benzene rings is 1. The minimum Gasteiger partial charge on any atom is -0.508 e. The number of aromatic hydroxyl groups is 1. The van der Waals surface area contributed by atoms with Gasteiger partial charge < -0.3 is 10.3 Å². The van der Waals surface area contributed by atoms with E-state index in [1.54, 1.807) is 36.7 Å². The third-order valence-corrected chi connectivity index (χ3v) is 2.52. The molecule has 0 unspecified atom stereocenters. The summed E-state index contributed by atoms with van der Waals surface area (Å²) in [4.78, 5) is 4.00. The van der Waals surface area contributed by atoms with Gasteiger partial charge in [-0.1, -0.05) is 0 Å². The zero-order chi connectivity index (χ0) is 10.4. The number of hydrogen-bond acceptors (Lipinski definition) is 3. The van der Waals surface area contributed by atoms with E-state index in [4.69, 9.17) is 0 Å². The quantitative estimate of drug-likeness (QED) is 0.546. The van der Waals surface area contributed by atoms with Crippen molar-refractivity contribution in [1.82, 2.24) is 9.71 Å². The lowest BCUT2D eigenvalue weighted by atomic mass is 10.2. The van der Waals surface area contributed by atoms with Crippen molar-refractivity contribution in [3.05, 3.63) is 36.7 Å². The number of pyridine rings is 1. The van der Waals surface area contributed by atoms with Gasteiger partial charge in [0.15, 0.2) is 0 Å². The maximum absolute atomic E-state index is 9.85. The SMILES string of the molecule is Oc1ccc2c(c1)c1cnccc1n2O. The van der Waals surface area contributed by atoms with Gasteiger partial charge in [0.25, 0.3) is 0 Å². The molecule has 4 heteroatoms. The van der Waals surface area contributed by atoms with Gasteiger partial charge in [-0.15, -0.1) is 0 Å². The maximum Gasteiger partial charge on any atom is 0.116 e. The average molecular weight is 200 g/mol. The van der Waals surface area contributed by atoms with Gasteiger partial charge in [-0.3, -0.25) is 4.98 Å². The molecule has 0 fully saturated rings. The molecule has 0 atom stereocenters. The highest BCUT2D eigenvalue weighted by atomic mass is 16.5. The third kappa shape index (κ3) is 0.985. The zero-order valence-electron chi connectivity index (χ0n) is 7.75. The number of fused-ring (bicyclic) bond motifs is 3. The van der Waals surface area contributed by atoms with Gasteiger partial charge in [-0.25, -0.2) is 0 Å². The van der Waals surface area contributed by atoms with Crippen LogP contribution in [0, 0.1) is 0 Å². The molecule has 4 nitrogen and oxygen atoms in total. The molecule has 0 amide bonds. The van der Waals surface area contributed by atoms with Crippen LogP contribution in [-0.4, -0.2) is 20.0 Å². The van der Waals surface area contributed by atoms with E-state index in [0.29, 0.717) is 11.0 Å². The van der Waals surface area contributed by atoms with Crippen molar-refractivity contribution < 1.29 is 10.3 Å². The fourth-order valence-electron chi connectivity index (χ4n) is 1.83. The van der Waals surface area contributed by atoms with E-state index in [9.17, 15) is 10.3 Å². The Bertz CT molecular complexity index is 658. The summed E-state index contributed by atoms with van der Waals surface area (Å²) in [5, 5.41) is 20.9. The van der Waals surface area contributed by atoms with Crippen molar-refractivity contribution in [3.8, 4) is 5.75 Å². The van der Waals surface area contributed by atoms with E-state index in [-0.39, 0.29) is 5.75 Å². The Balaban J connectivity index is 2.64. The summed E-state index contributed by atoms with van der Waals surface area (Å²) < 4.78 is 1.10. The molecule has 0 aliphatic carbocycles. The van der Waals surface area contributed by atoms with E-state index < -0.39 is 0 Å². The normalized spacial score (nSPS) is 11.2. The second kappa shape index (κ2) is 2.63. The Morgan fingerprint density at radius 3 is 2.73 bits per heavy atom. The summed E-state index contributed by atoms with van der Waals surface area (Å²) >= 11 is 0. The Kier molecular flexibility index (Phi) is 1.42. The molecule has 15 heavy (non-hydrogen) atoms. The topological polar surface area (TPSA) is 58.3 Å². The van der Waals surface area contributed by atoms with E-state index >= 15 is 0 Å². The number of nitrogens with zero attached hydrogens (tertiary/aromatic N) is 2. The summed E-state index contributed by atoms with van der Waals surface area (Å²) in [6.07, 6.45) is 3.29. The fourth-order valence-corrected chi connectivity index (χ4v) is 1.83. The molecule has 0 bridgehead atoms. The molecule has 0 saturated carbocycles. The minimum absolute atomic E-state index is 0.179. The predicted octanol–water partition coefficient (Wildman–Crippen LogP) is 2.13. The fraction of sp³-hybridized carbons (Fsp3) is 0. The number of hydrogen-bond donors (Lipinski definition) is 2. The minimum atomic E-state index is 0.179. The molecule has 2 aromatic heterocycles. The molecular weight excluding hydrogens is 192 g/mol. The van der Waals surface area contributed by atoms with Crippen molar-refractivity contribution in [2.75, 3.05) is 0 Å². The number of phenolic OH excluding ortho intramolecular Hbond substituents is 1. The molecule has 74 valence electrons. The lowest BCUT2D eigenvalue weighted by Crippen LogP contribution is -1.87. The highest BCUT2D eigenvalue weighted by Crippen LogP contribution is 2.29. The zero-order valence-corrected chi connectivity index (χ0v) is 7.75. The van der Waals surface area contributed by atoms with E-state index in [2.05, 4.69) is 4.98 Å². The second-order valence-corrected chi connectivity index (χ2v) is 3.41. The molecule has 1 aromatic carbocycles. The molecule has 0 aliphatic rings. The summed E-state index contributed by atoms with van der Waals surface area (Å²) in [6.45, 7) is 0. The third-order valence-electron chi connectivity index (χ3n) is 2.52. The lowest BCUT2D eigenvalue weighted by Gasteiger charge is -1.95. The van der Waals surface area contributed by atoms with Crippen LogP contribution in [-0.2, 0) is 0 Å². The molecule has 2 N–H and O–H groups in total. The van der Waals surface area contributed by atoms with Crippen LogP contribution in [0.5, 0.6) is 5.75 Å². The predicted molar refractivity (Wildman–Crippen MR) is 56.1 cm³/mol. The molecule has 3 rings (SSSR count). The largest absolute Gasteiger partial charge is 0.508 e. The van der Waals surface area contributed by atoms with E-state index in [1.807, 2.05) is 0 Å². The van der Waals surface area contributed by atoms with Crippen LogP contribution >= 0.6 is 0 Å². The highest BCUT2D eigenvalue weighted by molar-refractivity contribution is 6.07. The number of rotatable bonds is 0. The second-order valence-electron chi connectivity index (χ2n) is 3.41. The molecule has 0 radical (unpaired) electrons. The first-order valence-corrected chi connectivity index (χ1v) is 4.54. The van der Waals surface area contributed by atoms with Crippen molar-refractivity contribution in [1.29, 1.82) is 0 Å². The van der Waals surface area contributed by atoms with E-state index in [0.717, 1.165) is 15.5 Å². The smallest absolute Gasteiger partial charge is 0.116 e. The maximum atomic E-state index is 9.85. The monoisotopic (exact) mass is 200 g/mol.